The number of amides is 1. The Labute approximate surface area is 111 Å². The molecule has 0 aliphatic rings. The maximum Gasteiger partial charge on any atom is 0.328 e. The van der Waals surface area contributed by atoms with Crippen molar-refractivity contribution in [1.29, 1.82) is 0 Å². The molecule has 5 nitrogen and oxygen atoms in total. The van der Waals surface area contributed by atoms with Crippen molar-refractivity contribution < 1.29 is 19.4 Å². The van der Waals surface area contributed by atoms with Crippen LogP contribution in [0.4, 0.5) is 0 Å². The zero-order valence-corrected chi connectivity index (χ0v) is 11.1. The molecule has 0 bridgehead atoms. The molecule has 0 spiro atoms. The van der Waals surface area contributed by atoms with Crippen molar-refractivity contribution in [2.45, 2.75) is 19.9 Å². The summed E-state index contributed by atoms with van der Waals surface area (Å²) >= 11 is 0. The number of ether oxygens (including phenoxy) is 1. The maximum absolute atomic E-state index is 11.9. The van der Waals surface area contributed by atoms with Gasteiger partial charge in [-0.25, -0.2) is 4.79 Å². The zero-order valence-electron chi connectivity index (χ0n) is 11.1. The van der Waals surface area contributed by atoms with E-state index < -0.39 is 5.97 Å². The average molecular weight is 263 g/mol. The van der Waals surface area contributed by atoms with Crippen LogP contribution >= 0.6 is 0 Å². The second-order valence-electron chi connectivity index (χ2n) is 4.26. The molecule has 0 unspecified atom stereocenters. The molecule has 0 aliphatic heterocycles. The summed E-state index contributed by atoms with van der Waals surface area (Å²) < 4.78 is 5.12. The van der Waals surface area contributed by atoms with Gasteiger partial charge in [0.15, 0.2) is 0 Å². The zero-order chi connectivity index (χ0) is 14.4. The highest BCUT2D eigenvalue weighted by molar-refractivity contribution is 5.95. The summed E-state index contributed by atoms with van der Waals surface area (Å²) in [5.41, 5.74) is 1.00. The molecular weight excluding hydrogens is 246 g/mol. The van der Waals surface area contributed by atoms with Gasteiger partial charge in [0, 0.05) is 23.2 Å². The Bertz CT molecular complexity index is 506. The molecular formula is C14H17NO4. The third-order valence-electron chi connectivity index (χ3n) is 2.32. The Morgan fingerprint density at radius 3 is 2.58 bits per heavy atom. The van der Waals surface area contributed by atoms with Crippen molar-refractivity contribution >= 4 is 18.0 Å². The first-order valence-electron chi connectivity index (χ1n) is 5.84. The maximum atomic E-state index is 11.9. The topological polar surface area (TPSA) is 75.6 Å². The Hall–Kier alpha value is -2.30. The van der Waals surface area contributed by atoms with Gasteiger partial charge in [0.25, 0.3) is 5.91 Å². The quantitative estimate of drug-likeness (QED) is 0.796. The Kier molecular flexibility index (Phi) is 5.11. The SMILES string of the molecule is COc1ccc(C(=O)NC(C)C)cc1C=CC(=O)O. The highest BCUT2D eigenvalue weighted by Gasteiger charge is 2.09. The van der Waals surface area contributed by atoms with Gasteiger partial charge in [-0.05, 0) is 38.1 Å². The van der Waals surface area contributed by atoms with E-state index in [1.165, 1.54) is 13.2 Å². The predicted octanol–water partition coefficient (Wildman–Crippen LogP) is 1.93. The van der Waals surface area contributed by atoms with E-state index >= 15 is 0 Å². The summed E-state index contributed by atoms with van der Waals surface area (Å²) in [4.78, 5) is 22.4. The summed E-state index contributed by atoms with van der Waals surface area (Å²) in [6.45, 7) is 3.74. The number of benzene rings is 1. The van der Waals surface area contributed by atoms with Crippen LogP contribution in [-0.2, 0) is 4.79 Å². The van der Waals surface area contributed by atoms with E-state index in [0.29, 0.717) is 16.9 Å². The van der Waals surface area contributed by atoms with Crippen molar-refractivity contribution in [3.63, 3.8) is 0 Å². The molecule has 0 aliphatic carbocycles. The fraction of sp³-hybridized carbons (Fsp3) is 0.286. The largest absolute Gasteiger partial charge is 0.496 e. The standard InChI is InChI=1S/C14H17NO4/c1-9(2)15-14(18)11-4-6-12(19-3)10(8-11)5-7-13(16)17/h4-9H,1-3H3,(H,15,18)(H,16,17). The Morgan fingerprint density at radius 2 is 2.05 bits per heavy atom. The molecule has 102 valence electrons. The molecule has 1 amide bonds. The number of hydrogen-bond acceptors (Lipinski definition) is 3. The molecule has 1 aromatic rings. The number of carboxylic acids is 1. The molecule has 0 saturated heterocycles. The fourth-order valence-electron chi connectivity index (χ4n) is 1.51. The minimum Gasteiger partial charge on any atom is -0.496 e. The average Bonchev–Trinajstić information content (AvgIpc) is 2.35. The second-order valence-corrected chi connectivity index (χ2v) is 4.26. The summed E-state index contributed by atoms with van der Waals surface area (Å²) in [6, 6.07) is 4.90. The van der Waals surface area contributed by atoms with Crippen LogP contribution in [0.3, 0.4) is 0 Å². The van der Waals surface area contributed by atoms with Crippen molar-refractivity contribution in [2.75, 3.05) is 7.11 Å². The van der Waals surface area contributed by atoms with Crippen molar-refractivity contribution in [1.82, 2.24) is 5.32 Å². The molecule has 0 fully saturated rings. The van der Waals surface area contributed by atoms with Gasteiger partial charge in [-0.15, -0.1) is 0 Å². The van der Waals surface area contributed by atoms with Crippen LogP contribution in [0, 0.1) is 0 Å². The Morgan fingerprint density at radius 1 is 1.37 bits per heavy atom. The predicted molar refractivity (Wildman–Crippen MR) is 72.3 cm³/mol. The monoisotopic (exact) mass is 263 g/mol. The molecule has 0 heterocycles. The van der Waals surface area contributed by atoms with Gasteiger partial charge in [0.1, 0.15) is 5.75 Å². The van der Waals surface area contributed by atoms with Gasteiger partial charge in [0.05, 0.1) is 7.11 Å². The van der Waals surface area contributed by atoms with Crippen LogP contribution in [0.1, 0.15) is 29.8 Å². The first-order chi connectivity index (χ1) is 8.93. The lowest BCUT2D eigenvalue weighted by Crippen LogP contribution is -2.30. The number of rotatable bonds is 5. The normalized spacial score (nSPS) is 10.7. The highest BCUT2D eigenvalue weighted by Crippen LogP contribution is 2.21. The van der Waals surface area contributed by atoms with Crippen LogP contribution in [0.25, 0.3) is 6.08 Å². The van der Waals surface area contributed by atoms with Gasteiger partial charge in [-0.3, -0.25) is 4.79 Å². The molecule has 2 N–H and O–H groups in total. The van der Waals surface area contributed by atoms with Gasteiger partial charge in [-0.1, -0.05) is 0 Å². The van der Waals surface area contributed by atoms with Gasteiger partial charge in [-0.2, -0.15) is 0 Å². The molecule has 5 heteroatoms. The molecule has 1 rings (SSSR count). The van der Waals surface area contributed by atoms with Gasteiger partial charge >= 0.3 is 5.97 Å². The van der Waals surface area contributed by atoms with Crippen LogP contribution in [0.2, 0.25) is 0 Å². The third kappa shape index (κ3) is 4.46. The lowest BCUT2D eigenvalue weighted by atomic mass is 10.1. The first kappa shape index (κ1) is 14.8. The highest BCUT2D eigenvalue weighted by atomic mass is 16.5. The molecule has 0 saturated carbocycles. The molecule has 0 aromatic heterocycles. The van der Waals surface area contributed by atoms with E-state index in [1.807, 2.05) is 13.8 Å². The van der Waals surface area contributed by atoms with Crippen LogP contribution < -0.4 is 10.1 Å². The van der Waals surface area contributed by atoms with Crippen LogP contribution in [-0.4, -0.2) is 30.1 Å². The number of carboxylic acid groups (broad SMARTS) is 1. The lowest BCUT2D eigenvalue weighted by molar-refractivity contribution is -0.131. The minimum atomic E-state index is -1.06. The van der Waals surface area contributed by atoms with Crippen LogP contribution in [0.5, 0.6) is 5.75 Å². The van der Waals surface area contributed by atoms with E-state index in [-0.39, 0.29) is 11.9 Å². The number of hydrogen-bond donors (Lipinski definition) is 2. The van der Waals surface area contributed by atoms with E-state index in [4.69, 9.17) is 9.84 Å². The lowest BCUT2D eigenvalue weighted by Gasteiger charge is -2.10. The number of methoxy groups -OCH3 is 1. The summed E-state index contributed by atoms with van der Waals surface area (Å²) in [5.74, 6) is -0.750. The van der Waals surface area contributed by atoms with E-state index in [2.05, 4.69) is 5.32 Å². The second kappa shape index (κ2) is 6.58. The van der Waals surface area contributed by atoms with Crippen molar-refractivity contribution in [3.8, 4) is 5.75 Å². The molecule has 19 heavy (non-hydrogen) atoms. The van der Waals surface area contributed by atoms with Crippen LogP contribution in [0.15, 0.2) is 24.3 Å². The summed E-state index contributed by atoms with van der Waals surface area (Å²) in [5, 5.41) is 11.4. The first-order valence-corrected chi connectivity index (χ1v) is 5.84. The third-order valence-corrected chi connectivity index (χ3v) is 2.32. The van der Waals surface area contributed by atoms with Gasteiger partial charge < -0.3 is 15.2 Å². The van der Waals surface area contributed by atoms with E-state index in [9.17, 15) is 9.59 Å². The Balaban J connectivity index is 3.07. The van der Waals surface area contributed by atoms with E-state index in [0.717, 1.165) is 6.08 Å². The molecule has 0 radical (unpaired) electrons. The summed E-state index contributed by atoms with van der Waals surface area (Å²) in [6.07, 6.45) is 2.40. The fourth-order valence-corrected chi connectivity index (χ4v) is 1.51. The number of carbonyl (C=O) groups excluding carboxylic acids is 1. The summed E-state index contributed by atoms with van der Waals surface area (Å²) in [7, 11) is 1.49. The number of carbonyl (C=O) groups is 2. The van der Waals surface area contributed by atoms with Crippen molar-refractivity contribution in [2.24, 2.45) is 0 Å². The molecule has 0 atom stereocenters. The van der Waals surface area contributed by atoms with Crippen molar-refractivity contribution in [3.05, 3.63) is 35.4 Å². The minimum absolute atomic E-state index is 0.0348. The number of nitrogens with one attached hydrogen (secondary N) is 1. The van der Waals surface area contributed by atoms with E-state index in [1.54, 1.807) is 18.2 Å². The number of aliphatic carboxylic acids is 1. The molecule has 1 aromatic carbocycles. The smallest absolute Gasteiger partial charge is 0.328 e. The van der Waals surface area contributed by atoms with Gasteiger partial charge in [0.2, 0.25) is 0 Å².